The van der Waals surface area contributed by atoms with Crippen LogP contribution in [0.4, 0.5) is 0 Å². The molecule has 2 heteroatoms. The second-order valence-corrected chi connectivity index (χ2v) is 4.10. The second kappa shape index (κ2) is 6.70. The molecule has 0 spiro atoms. The van der Waals surface area contributed by atoms with Crippen LogP contribution in [0.1, 0.15) is 27.7 Å². The van der Waals surface area contributed by atoms with Gasteiger partial charge in [0.1, 0.15) is 5.84 Å². The van der Waals surface area contributed by atoms with Gasteiger partial charge < -0.3 is 5.32 Å². The topological polar surface area (TPSA) is 24.4 Å². The van der Waals surface area contributed by atoms with Crippen molar-refractivity contribution in [1.82, 2.24) is 5.32 Å². The Morgan fingerprint density at radius 1 is 1.31 bits per heavy atom. The average molecular weight is 182 g/mol. The lowest BCUT2D eigenvalue weighted by Crippen LogP contribution is -2.26. The SMILES string of the molecule is C=C/C(=N\CC(C)C)NCC(C)C. The molecule has 0 unspecified atom stereocenters. The van der Waals surface area contributed by atoms with Gasteiger partial charge in [-0.15, -0.1) is 0 Å². The number of aliphatic imine (C=N–C) groups is 1. The predicted octanol–water partition coefficient (Wildman–Crippen LogP) is 2.47. The van der Waals surface area contributed by atoms with Gasteiger partial charge in [0.15, 0.2) is 0 Å². The smallest absolute Gasteiger partial charge is 0.120 e. The molecule has 0 aliphatic rings. The van der Waals surface area contributed by atoms with Crippen molar-refractivity contribution < 1.29 is 0 Å². The van der Waals surface area contributed by atoms with Crippen molar-refractivity contribution in [2.45, 2.75) is 27.7 Å². The van der Waals surface area contributed by atoms with Crippen molar-refractivity contribution in [2.75, 3.05) is 13.1 Å². The Kier molecular flexibility index (Phi) is 6.29. The number of rotatable bonds is 5. The van der Waals surface area contributed by atoms with Gasteiger partial charge >= 0.3 is 0 Å². The Morgan fingerprint density at radius 3 is 2.31 bits per heavy atom. The van der Waals surface area contributed by atoms with Crippen LogP contribution >= 0.6 is 0 Å². The summed E-state index contributed by atoms with van der Waals surface area (Å²) >= 11 is 0. The number of hydrogen-bond acceptors (Lipinski definition) is 1. The Balaban J connectivity index is 3.87. The van der Waals surface area contributed by atoms with Crippen molar-refractivity contribution >= 4 is 5.84 Å². The van der Waals surface area contributed by atoms with E-state index in [1.54, 1.807) is 6.08 Å². The quantitative estimate of drug-likeness (QED) is 0.512. The summed E-state index contributed by atoms with van der Waals surface area (Å²) in [5, 5.41) is 3.26. The molecule has 0 bridgehead atoms. The van der Waals surface area contributed by atoms with Crippen LogP contribution in [-0.2, 0) is 0 Å². The Bertz CT molecular complexity index is 169. The van der Waals surface area contributed by atoms with Gasteiger partial charge in [0.05, 0.1) is 0 Å². The minimum Gasteiger partial charge on any atom is -0.370 e. The molecule has 1 N–H and O–H groups in total. The summed E-state index contributed by atoms with van der Waals surface area (Å²) in [6.45, 7) is 14.2. The highest BCUT2D eigenvalue weighted by Crippen LogP contribution is 1.93. The van der Waals surface area contributed by atoms with E-state index in [4.69, 9.17) is 0 Å². The Labute approximate surface area is 82.1 Å². The van der Waals surface area contributed by atoms with E-state index in [1.807, 2.05) is 0 Å². The molecule has 0 aliphatic carbocycles. The van der Waals surface area contributed by atoms with E-state index >= 15 is 0 Å². The first kappa shape index (κ1) is 12.2. The Morgan fingerprint density at radius 2 is 1.92 bits per heavy atom. The van der Waals surface area contributed by atoms with Crippen molar-refractivity contribution in [3.05, 3.63) is 12.7 Å². The van der Waals surface area contributed by atoms with E-state index in [-0.39, 0.29) is 0 Å². The third kappa shape index (κ3) is 7.57. The van der Waals surface area contributed by atoms with Crippen LogP contribution in [0.5, 0.6) is 0 Å². The summed E-state index contributed by atoms with van der Waals surface area (Å²) < 4.78 is 0. The minimum absolute atomic E-state index is 0.607. The lowest BCUT2D eigenvalue weighted by Gasteiger charge is -2.09. The third-order valence-electron chi connectivity index (χ3n) is 1.51. The molecule has 0 saturated carbocycles. The molecule has 76 valence electrons. The van der Waals surface area contributed by atoms with Crippen molar-refractivity contribution in [1.29, 1.82) is 0 Å². The molecule has 0 heterocycles. The molecule has 0 fully saturated rings. The molecule has 0 saturated heterocycles. The maximum Gasteiger partial charge on any atom is 0.120 e. The van der Waals surface area contributed by atoms with E-state index in [2.05, 4.69) is 44.6 Å². The van der Waals surface area contributed by atoms with Gasteiger partial charge in [0, 0.05) is 13.1 Å². The zero-order valence-corrected chi connectivity index (χ0v) is 9.30. The molecule has 0 aromatic rings. The number of amidine groups is 1. The van der Waals surface area contributed by atoms with Gasteiger partial charge in [0.25, 0.3) is 0 Å². The first-order chi connectivity index (χ1) is 6.06. The molecule has 0 rings (SSSR count). The first-order valence-corrected chi connectivity index (χ1v) is 4.97. The van der Waals surface area contributed by atoms with Crippen molar-refractivity contribution in [2.24, 2.45) is 16.8 Å². The van der Waals surface area contributed by atoms with E-state index in [1.165, 1.54) is 0 Å². The molecule has 13 heavy (non-hydrogen) atoms. The normalized spacial score (nSPS) is 12.3. The predicted molar refractivity (Wildman–Crippen MR) is 60.2 cm³/mol. The summed E-state index contributed by atoms with van der Waals surface area (Å²) in [5.41, 5.74) is 0. The maximum absolute atomic E-state index is 4.40. The van der Waals surface area contributed by atoms with E-state index in [0.717, 1.165) is 18.9 Å². The fraction of sp³-hybridized carbons (Fsp3) is 0.727. The van der Waals surface area contributed by atoms with Crippen LogP contribution in [0.25, 0.3) is 0 Å². The summed E-state index contributed by atoms with van der Waals surface area (Å²) in [6, 6.07) is 0. The molecule has 2 nitrogen and oxygen atoms in total. The molecule has 0 amide bonds. The minimum atomic E-state index is 0.607. The highest BCUT2D eigenvalue weighted by molar-refractivity contribution is 5.92. The second-order valence-electron chi connectivity index (χ2n) is 4.10. The lowest BCUT2D eigenvalue weighted by molar-refractivity contribution is 0.619. The zero-order chi connectivity index (χ0) is 10.3. The van der Waals surface area contributed by atoms with Crippen LogP contribution in [0.3, 0.4) is 0 Å². The number of nitrogens with one attached hydrogen (secondary N) is 1. The lowest BCUT2D eigenvalue weighted by atomic mass is 10.2. The van der Waals surface area contributed by atoms with Gasteiger partial charge in [0.2, 0.25) is 0 Å². The maximum atomic E-state index is 4.40. The largest absolute Gasteiger partial charge is 0.370 e. The third-order valence-corrected chi connectivity index (χ3v) is 1.51. The molecule has 0 atom stereocenters. The fourth-order valence-electron chi connectivity index (χ4n) is 0.782. The van der Waals surface area contributed by atoms with Gasteiger partial charge in [-0.25, -0.2) is 0 Å². The number of nitrogens with zero attached hydrogens (tertiary/aromatic N) is 1. The van der Waals surface area contributed by atoms with Crippen LogP contribution in [0, 0.1) is 11.8 Å². The average Bonchev–Trinajstić information content (AvgIpc) is 2.04. The first-order valence-electron chi connectivity index (χ1n) is 4.97. The summed E-state index contributed by atoms with van der Waals surface area (Å²) in [4.78, 5) is 4.40. The van der Waals surface area contributed by atoms with Crippen LogP contribution in [0.2, 0.25) is 0 Å². The van der Waals surface area contributed by atoms with E-state index < -0.39 is 0 Å². The molecule has 0 aromatic heterocycles. The van der Waals surface area contributed by atoms with E-state index in [9.17, 15) is 0 Å². The highest BCUT2D eigenvalue weighted by atomic mass is 15.0. The van der Waals surface area contributed by atoms with Gasteiger partial charge in [-0.1, -0.05) is 34.3 Å². The molecule has 0 radical (unpaired) electrons. The van der Waals surface area contributed by atoms with Gasteiger partial charge in [-0.2, -0.15) is 0 Å². The molecule has 0 aromatic carbocycles. The molecular formula is C11H22N2. The van der Waals surface area contributed by atoms with Crippen LogP contribution < -0.4 is 5.32 Å². The zero-order valence-electron chi connectivity index (χ0n) is 9.30. The summed E-state index contributed by atoms with van der Waals surface area (Å²) in [7, 11) is 0. The summed E-state index contributed by atoms with van der Waals surface area (Å²) in [5.74, 6) is 2.17. The fourth-order valence-corrected chi connectivity index (χ4v) is 0.782. The highest BCUT2D eigenvalue weighted by Gasteiger charge is 1.96. The molecular weight excluding hydrogens is 160 g/mol. The van der Waals surface area contributed by atoms with Crippen LogP contribution in [-0.4, -0.2) is 18.9 Å². The summed E-state index contributed by atoms with van der Waals surface area (Å²) in [6.07, 6.45) is 1.78. The van der Waals surface area contributed by atoms with Gasteiger partial charge in [-0.05, 0) is 17.9 Å². The molecule has 0 aliphatic heterocycles. The van der Waals surface area contributed by atoms with Crippen molar-refractivity contribution in [3.63, 3.8) is 0 Å². The van der Waals surface area contributed by atoms with Gasteiger partial charge in [-0.3, -0.25) is 4.99 Å². The van der Waals surface area contributed by atoms with E-state index in [0.29, 0.717) is 11.8 Å². The van der Waals surface area contributed by atoms with Crippen LogP contribution in [0.15, 0.2) is 17.6 Å². The number of hydrogen-bond donors (Lipinski definition) is 1. The monoisotopic (exact) mass is 182 g/mol. The van der Waals surface area contributed by atoms with Crippen molar-refractivity contribution in [3.8, 4) is 0 Å². The Hall–Kier alpha value is -0.790. The standard InChI is InChI=1S/C11H22N2/c1-6-11(12-7-9(2)3)13-8-10(4)5/h6,9-10H,1,7-8H2,2-5H3,(H,12,13).